The monoisotopic (exact) mass is 386 g/mol. The zero-order chi connectivity index (χ0) is 17.9. The summed E-state index contributed by atoms with van der Waals surface area (Å²) in [5, 5.41) is 1.41. The van der Waals surface area contributed by atoms with Crippen molar-refractivity contribution in [2.75, 3.05) is 18.1 Å². The van der Waals surface area contributed by atoms with Crippen molar-refractivity contribution < 1.29 is 9.53 Å². The molecule has 6 heteroatoms. The smallest absolute Gasteiger partial charge is 0.233 e. The van der Waals surface area contributed by atoms with Gasteiger partial charge < -0.3 is 4.74 Å². The van der Waals surface area contributed by atoms with Crippen LogP contribution in [0.5, 0.6) is 0 Å². The Morgan fingerprint density at radius 3 is 2.77 bits per heavy atom. The first-order chi connectivity index (χ1) is 12.7. The first-order valence-corrected chi connectivity index (χ1v) is 9.90. The van der Waals surface area contributed by atoms with Crippen LogP contribution in [0.3, 0.4) is 0 Å². The first kappa shape index (κ1) is 17.5. The van der Waals surface area contributed by atoms with Crippen LogP contribution in [0.2, 0.25) is 5.02 Å². The molecule has 1 aliphatic heterocycles. The number of para-hydroxylation sites is 1. The van der Waals surface area contributed by atoms with E-state index in [1.165, 1.54) is 0 Å². The van der Waals surface area contributed by atoms with Gasteiger partial charge in [-0.05, 0) is 42.7 Å². The van der Waals surface area contributed by atoms with Gasteiger partial charge in [-0.3, -0.25) is 9.69 Å². The van der Waals surface area contributed by atoms with E-state index in [0.29, 0.717) is 18.0 Å². The fraction of sp³-hybridized carbons (Fsp3) is 0.300. The highest BCUT2D eigenvalue weighted by Crippen LogP contribution is 2.30. The molecule has 26 heavy (non-hydrogen) atoms. The molecular weight excluding hydrogens is 368 g/mol. The van der Waals surface area contributed by atoms with Crippen LogP contribution in [-0.2, 0) is 16.0 Å². The van der Waals surface area contributed by atoms with Gasteiger partial charge in [0.2, 0.25) is 5.91 Å². The second-order valence-electron chi connectivity index (χ2n) is 6.41. The Morgan fingerprint density at radius 1 is 1.23 bits per heavy atom. The van der Waals surface area contributed by atoms with E-state index in [0.717, 1.165) is 40.4 Å². The van der Waals surface area contributed by atoms with Gasteiger partial charge in [0.05, 0.1) is 29.3 Å². The van der Waals surface area contributed by atoms with E-state index in [1.54, 1.807) is 16.2 Å². The molecule has 1 aromatic heterocycles. The summed E-state index contributed by atoms with van der Waals surface area (Å²) in [6.45, 7) is 1.32. The Labute approximate surface area is 161 Å². The number of benzene rings is 2. The summed E-state index contributed by atoms with van der Waals surface area (Å²) in [5.41, 5.74) is 1.86. The number of carbonyl (C=O) groups is 1. The van der Waals surface area contributed by atoms with Crippen LogP contribution in [0.15, 0.2) is 48.5 Å². The van der Waals surface area contributed by atoms with Crippen molar-refractivity contribution in [2.45, 2.75) is 25.4 Å². The van der Waals surface area contributed by atoms with Gasteiger partial charge in [0.15, 0.2) is 5.13 Å². The molecule has 0 radical (unpaired) electrons. The van der Waals surface area contributed by atoms with Crippen LogP contribution in [0.1, 0.15) is 18.4 Å². The Balaban J connectivity index is 1.60. The summed E-state index contributed by atoms with van der Waals surface area (Å²) in [4.78, 5) is 19.5. The first-order valence-electron chi connectivity index (χ1n) is 8.71. The van der Waals surface area contributed by atoms with Crippen molar-refractivity contribution in [1.29, 1.82) is 0 Å². The fourth-order valence-corrected chi connectivity index (χ4v) is 4.24. The van der Waals surface area contributed by atoms with Gasteiger partial charge >= 0.3 is 0 Å². The Hall–Kier alpha value is -1.95. The highest BCUT2D eigenvalue weighted by atomic mass is 35.5. The minimum absolute atomic E-state index is 0.0295. The van der Waals surface area contributed by atoms with E-state index >= 15 is 0 Å². The van der Waals surface area contributed by atoms with Gasteiger partial charge in [0, 0.05) is 11.6 Å². The van der Waals surface area contributed by atoms with Crippen LogP contribution in [0.25, 0.3) is 10.2 Å². The van der Waals surface area contributed by atoms with Crippen molar-refractivity contribution in [3.05, 3.63) is 59.1 Å². The van der Waals surface area contributed by atoms with Crippen molar-refractivity contribution in [3.63, 3.8) is 0 Å². The number of nitrogens with zero attached hydrogens (tertiary/aromatic N) is 2. The lowest BCUT2D eigenvalue weighted by atomic mass is 10.1. The number of hydrogen-bond donors (Lipinski definition) is 0. The Bertz CT molecular complexity index is 871. The molecule has 0 N–H and O–H groups in total. The van der Waals surface area contributed by atoms with Crippen LogP contribution in [0.4, 0.5) is 5.13 Å². The highest BCUT2D eigenvalue weighted by Gasteiger charge is 2.26. The standard InChI is InChI=1S/C20H19ClN2O2S/c21-15-9-7-14(8-10-15)12-19(24)23(13-16-4-3-11-25-16)20-22-17-5-1-2-6-18(17)26-20/h1-2,5-10,16H,3-4,11-13H2/t16-/m0/s1. The van der Waals surface area contributed by atoms with Gasteiger partial charge in [-0.25, -0.2) is 4.98 Å². The van der Waals surface area contributed by atoms with Gasteiger partial charge in [-0.15, -0.1) is 0 Å². The number of halogens is 1. The summed E-state index contributed by atoms with van der Waals surface area (Å²) < 4.78 is 6.84. The quantitative estimate of drug-likeness (QED) is 0.638. The predicted molar refractivity (Wildman–Crippen MR) is 106 cm³/mol. The molecule has 1 fully saturated rings. The van der Waals surface area contributed by atoms with Crippen LogP contribution >= 0.6 is 22.9 Å². The molecule has 1 saturated heterocycles. The zero-order valence-electron chi connectivity index (χ0n) is 14.2. The van der Waals surface area contributed by atoms with Crippen LogP contribution in [0, 0.1) is 0 Å². The van der Waals surface area contributed by atoms with Crippen molar-refractivity contribution in [2.24, 2.45) is 0 Å². The molecule has 4 rings (SSSR count). The van der Waals surface area contributed by atoms with E-state index in [1.807, 2.05) is 48.5 Å². The number of anilines is 1. The Morgan fingerprint density at radius 2 is 2.04 bits per heavy atom. The summed E-state index contributed by atoms with van der Waals surface area (Å²) in [7, 11) is 0. The maximum Gasteiger partial charge on any atom is 0.233 e. The van der Waals surface area contributed by atoms with Gasteiger partial charge in [0.1, 0.15) is 0 Å². The SMILES string of the molecule is O=C(Cc1ccc(Cl)cc1)N(C[C@@H]1CCCO1)c1nc2ccccc2s1. The topological polar surface area (TPSA) is 42.4 Å². The highest BCUT2D eigenvalue weighted by molar-refractivity contribution is 7.22. The minimum atomic E-state index is 0.0295. The maximum absolute atomic E-state index is 13.1. The van der Waals surface area contributed by atoms with Crippen molar-refractivity contribution in [1.82, 2.24) is 4.98 Å². The lowest BCUT2D eigenvalue weighted by Gasteiger charge is -2.23. The third-order valence-electron chi connectivity index (χ3n) is 4.49. The molecule has 4 nitrogen and oxygen atoms in total. The fourth-order valence-electron chi connectivity index (χ4n) is 3.13. The van der Waals surface area contributed by atoms with E-state index in [-0.39, 0.29) is 12.0 Å². The average Bonchev–Trinajstić information content (AvgIpc) is 3.30. The number of amides is 1. The number of fused-ring (bicyclic) bond motifs is 1. The number of ether oxygens (including phenoxy) is 1. The molecule has 3 aromatic rings. The van der Waals surface area contributed by atoms with Gasteiger partial charge in [-0.2, -0.15) is 0 Å². The van der Waals surface area contributed by atoms with E-state index in [4.69, 9.17) is 16.3 Å². The molecular formula is C20H19ClN2O2S. The van der Waals surface area contributed by atoms with Crippen molar-refractivity contribution >= 4 is 44.2 Å². The minimum Gasteiger partial charge on any atom is -0.376 e. The number of rotatable bonds is 5. The summed E-state index contributed by atoms with van der Waals surface area (Å²) in [6.07, 6.45) is 2.43. The number of hydrogen-bond acceptors (Lipinski definition) is 4. The molecule has 1 aliphatic rings. The maximum atomic E-state index is 13.1. The molecule has 2 heterocycles. The zero-order valence-corrected chi connectivity index (χ0v) is 15.8. The number of aromatic nitrogens is 1. The molecule has 0 saturated carbocycles. The predicted octanol–water partition coefficient (Wildman–Crippen LogP) is 4.70. The molecule has 1 atom stereocenters. The molecule has 0 aliphatic carbocycles. The lowest BCUT2D eigenvalue weighted by Crippen LogP contribution is -2.38. The molecule has 134 valence electrons. The molecule has 1 amide bonds. The second kappa shape index (κ2) is 7.74. The third-order valence-corrected chi connectivity index (χ3v) is 5.80. The van der Waals surface area contributed by atoms with E-state index in [2.05, 4.69) is 4.98 Å². The van der Waals surface area contributed by atoms with E-state index in [9.17, 15) is 4.79 Å². The Kier molecular flexibility index (Phi) is 5.20. The molecule has 0 bridgehead atoms. The molecule has 0 unspecified atom stereocenters. The van der Waals surface area contributed by atoms with Crippen LogP contribution < -0.4 is 4.90 Å². The van der Waals surface area contributed by atoms with Gasteiger partial charge in [-0.1, -0.05) is 47.2 Å². The van der Waals surface area contributed by atoms with Crippen LogP contribution in [-0.4, -0.2) is 30.1 Å². The second-order valence-corrected chi connectivity index (χ2v) is 7.85. The average molecular weight is 387 g/mol. The molecule has 0 spiro atoms. The normalized spacial score (nSPS) is 16.9. The molecule has 2 aromatic carbocycles. The summed E-state index contributed by atoms with van der Waals surface area (Å²) in [6, 6.07) is 15.4. The number of carbonyl (C=O) groups excluding carboxylic acids is 1. The van der Waals surface area contributed by atoms with E-state index < -0.39 is 0 Å². The summed E-state index contributed by atoms with van der Waals surface area (Å²) in [5.74, 6) is 0.0295. The van der Waals surface area contributed by atoms with Gasteiger partial charge in [0.25, 0.3) is 0 Å². The lowest BCUT2D eigenvalue weighted by molar-refractivity contribution is -0.118. The largest absolute Gasteiger partial charge is 0.376 e. The summed E-state index contributed by atoms with van der Waals surface area (Å²) >= 11 is 7.49. The number of thiazole rings is 1. The third kappa shape index (κ3) is 3.90. The van der Waals surface area contributed by atoms with Crippen molar-refractivity contribution in [3.8, 4) is 0 Å².